The van der Waals surface area contributed by atoms with Crippen LogP contribution in [-0.2, 0) is 0 Å². The average Bonchev–Trinajstić information content (AvgIpc) is 2.92. The second kappa shape index (κ2) is 5.28. The van der Waals surface area contributed by atoms with E-state index in [1.807, 2.05) is 12.1 Å². The fourth-order valence-electron chi connectivity index (χ4n) is 2.68. The van der Waals surface area contributed by atoms with Crippen molar-refractivity contribution in [2.24, 2.45) is 0 Å². The fourth-order valence-corrected chi connectivity index (χ4v) is 4.43. The van der Waals surface area contributed by atoms with Crippen LogP contribution in [0.2, 0.25) is 0 Å². The van der Waals surface area contributed by atoms with E-state index >= 15 is 0 Å². The molecule has 4 nitrogen and oxygen atoms in total. The average molecular weight is 372 g/mol. The summed E-state index contributed by atoms with van der Waals surface area (Å²) < 4.78 is 2.68. The number of benzene rings is 1. The Labute approximate surface area is 124 Å². The van der Waals surface area contributed by atoms with E-state index < -0.39 is 0 Å². The van der Waals surface area contributed by atoms with Gasteiger partial charge in [0.15, 0.2) is 0 Å². The molecule has 2 amide bonds. The minimum absolute atomic E-state index is 0.0394. The summed E-state index contributed by atoms with van der Waals surface area (Å²) in [6, 6.07) is 8.67. The molecule has 0 spiro atoms. The van der Waals surface area contributed by atoms with E-state index in [9.17, 15) is 4.79 Å². The number of fused-ring (bicyclic) bond motifs is 1. The summed E-state index contributed by atoms with van der Waals surface area (Å²) in [6.07, 6.45) is 2.12. The standard InChI is InChI=1S/C14H19IN3O/c1-2-15-10-3-5-11(6-4-10)17-13(19)18-14-7-8-16-12(14)9-14/h3-6,12,16H,2,7-9H2,1H3,(H2,17,18,19)/q-1. The van der Waals surface area contributed by atoms with Crippen molar-refractivity contribution in [3.05, 3.63) is 27.8 Å². The summed E-state index contributed by atoms with van der Waals surface area (Å²) in [7, 11) is 0. The summed E-state index contributed by atoms with van der Waals surface area (Å²) in [4.78, 5) is 12.0. The van der Waals surface area contributed by atoms with Crippen LogP contribution in [0.4, 0.5) is 10.5 Å². The van der Waals surface area contributed by atoms with Crippen LogP contribution in [0, 0.1) is 3.57 Å². The van der Waals surface area contributed by atoms with Crippen molar-refractivity contribution in [1.82, 2.24) is 10.6 Å². The molecule has 1 aliphatic carbocycles. The molecule has 1 saturated carbocycles. The van der Waals surface area contributed by atoms with Gasteiger partial charge in [-0.05, 0) is 0 Å². The molecule has 1 aromatic rings. The molecule has 1 aromatic carbocycles. The number of hydrogen-bond acceptors (Lipinski definition) is 2. The summed E-state index contributed by atoms with van der Waals surface area (Å²) in [5.41, 5.74) is 0.915. The van der Waals surface area contributed by atoms with Crippen molar-refractivity contribution in [1.29, 1.82) is 0 Å². The van der Waals surface area contributed by atoms with Gasteiger partial charge in [-0.25, -0.2) is 0 Å². The third-order valence-corrected chi connectivity index (χ3v) is 6.15. The Hall–Kier alpha value is -0.820. The molecule has 2 fully saturated rings. The Bertz CT molecular complexity index is 476. The van der Waals surface area contributed by atoms with E-state index in [0.717, 1.165) is 25.1 Å². The number of carbonyl (C=O) groups excluding carboxylic acids is 1. The van der Waals surface area contributed by atoms with E-state index in [1.165, 1.54) is 8.00 Å². The number of hydrogen-bond donors (Lipinski definition) is 3. The third-order valence-electron chi connectivity index (χ3n) is 3.79. The van der Waals surface area contributed by atoms with Gasteiger partial charge >= 0.3 is 124 Å². The quantitative estimate of drug-likeness (QED) is 0.450. The number of anilines is 1. The molecular weight excluding hydrogens is 353 g/mol. The summed E-state index contributed by atoms with van der Waals surface area (Å²) in [6.45, 7) is 3.23. The van der Waals surface area contributed by atoms with E-state index in [2.05, 4.69) is 35.0 Å². The van der Waals surface area contributed by atoms with Gasteiger partial charge in [-0.2, -0.15) is 0 Å². The van der Waals surface area contributed by atoms with Gasteiger partial charge in [-0.3, -0.25) is 0 Å². The normalized spacial score (nSPS) is 27.9. The number of urea groups is 1. The predicted octanol–water partition coefficient (Wildman–Crippen LogP) is -1.41. The zero-order valence-corrected chi connectivity index (χ0v) is 13.2. The molecule has 1 heterocycles. The number of alkyl halides is 1. The second-order valence-electron chi connectivity index (χ2n) is 5.10. The zero-order chi connectivity index (χ0) is 13.3. The number of carbonyl (C=O) groups is 1. The molecule has 5 heteroatoms. The van der Waals surface area contributed by atoms with Crippen molar-refractivity contribution in [2.75, 3.05) is 16.3 Å². The topological polar surface area (TPSA) is 53.2 Å². The van der Waals surface area contributed by atoms with Crippen molar-refractivity contribution in [3.63, 3.8) is 0 Å². The van der Waals surface area contributed by atoms with E-state index in [1.54, 1.807) is 0 Å². The van der Waals surface area contributed by atoms with Gasteiger partial charge in [0.25, 0.3) is 0 Å². The first-order valence-corrected chi connectivity index (χ1v) is 9.34. The first-order valence-electron chi connectivity index (χ1n) is 6.74. The van der Waals surface area contributed by atoms with Gasteiger partial charge in [-0.1, -0.05) is 0 Å². The molecule has 2 atom stereocenters. The van der Waals surface area contributed by atoms with E-state index in [0.29, 0.717) is 6.04 Å². The van der Waals surface area contributed by atoms with Gasteiger partial charge in [0.2, 0.25) is 0 Å². The monoisotopic (exact) mass is 372 g/mol. The molecule has 3 N–H and O–H groups in total. The molecule has 1 aliphatic heterocycles. The van der Waals surface area contributed by atoms with Gasteiger partial charge in [0.1, 0.15) is 0 Å². The van der Waals surface area contributed by atoms with Crippen molar-refractivity contribution in [2.45, 2.75) is 31.3 Å². The number of rotatable bonds is 4. The van der Waals surface area contributed by atoms with Crippen molar-refractivity contribution in [3.8, 4) is 0 Å². The van der Waals surface area contributed by atoms with Crippen LogP contribution in [0.3, 0.4) is 0 Å². The van der Waals surface area contributed by atoms with E-state index in [-0.39, 0.29) is 32.8 Å². The first-order chi connectivity index (χ1) is 9.22. The molecule has 1 saturated heterocycles. The molecule has 104 valence electrons. The maximum absolute atomic E-state index is 12.0. The van der Waals surface area contributed by atoms with Crippen LogP contribution in [0.15, 0.2) is 24.3 Å². The predicted molar refractivity (Wildman–Crippen MR) is 71.6 cm³/mol. The number of nitrogens with one attached hydrogen (secondary N) is 3. The SMILES string of the molecule is CC[I-]c1ccc(NC(=O)NC23CCNC2C3)cc1. The van der Waals surface area contributed by atoms with Crippen LogP contribution < -0.4 is 37.2 Å². The van der Waals surface area contributed by atoms with Crippen LogP contribution in [0.1, 0.15) is 19.8 Å². The molecular formula is C14H19IN3O-. The zero-order valence-electron chi connectivity index (χ0n) is 11.0. The summed E-state index contributed by atoms with van der Waals surface area (Å²) >= 11 is 0.146. The minimum atomic E-state index is -0.0795. The number of halogens is 1. The second-order valence-corrected chi connectivity index (χ2v) is 8.64. The Morgan fingerprint density at radius 3 is 2.84 bits per heavy atom. The van der Waals surface area contributed by atoms with Gasteiger partial charge < -0.3 is 0 Å². The maximum atomic E-state index is 12.0. The third kappa shape index (κ3) is 2.86. The molecule has 0 bridgehead atoms. The summed E-state index contributed by atoms with van der Waals surface area (Å²) in [5, 5.41) is 9.42. The van der Waals surface area contributed by atoms with Gasteiger partial charge in [0.05, 0.1) is 0 Å². The van der Waals surface area contributed by atoms with Crippen molar-refractivity contribution < 1.29 is 26.0 Å². The first kappa shape index (κ1) is 13.2. The Morgan fingerprint density at radius 1 is 1.47 bits per heavy atom. The van der Waals surface area contributed by atoms with Crippen LogP contribution in [-0.4, -0.2) is 28.6 Å². The van der Waals surface area contributed by atoms with Gasteiger partial charge in [0, 0.05) is 0 Å². The molecule has 0 aromatic heterocycles. The molecule has 19 heavy (non-hydrogen) atoms. The summed E-state index contributed by atoms with van der Waals surface area (Å²) in [5.74, 6) is 0. The van der Waals surface area contributed by atoms with Crippen LogP contribution >= 0.6 is 0 Å². The van der Waals surface area contributed by atoms with Crippen LogP contribution in [0.25, 0.3) is 0 Å². The molecule has 0 radical (unpaired) electrons. The Morgan fingerprint density at radius 2 is 2.26 bits per heavy atom. The number of piperidine rings is 1. The molecule has 2 aliphatic rings. The number of amides is 2. The Kier molecular flexibility index (Phi) is 3.66. The van der Waals surface area contributed by atoms with Crippen LogP contribution in [0.5, 0.6) is 0 Å². The van der Waals surface area contributed by atoms with Gasteiger partial charge in [-0.15, -0.1) is 0 Å². The molecule has 2 unspecified atom stereocenters. The Balaban J connectivity index is 1.54. The fraction of sp³-hybridized carbons (Fsp3) is 0.500. The van der Waals surface area contributed by atoms with Crippen molar-refractivity contribution >= 4 is 11.7 Å². The van der Waals surface area contributed by atoms with E-state index in [4.69, 9.17) is 0 Å². The molecule has 3 rings (SSSR count).